The van der Waals surface area contributed by atoms with Crippen LogP contribution in [0.1, 0.15) is 48.5 Å². The van der Waals surface area contributed by atoms with Crippen LogP contribution >= 0.6 is 0 Å². The van der Waals surface area contributed by atoms with Crippen molar-refractivity contribution in [2.24, 2.45) is 5.92 Å². The smallest absolute Gasteiger partial charge is 0 e. The molecule has 0 saturated heterocycles. The summed E-state index contributed by atoms with van der Waals surface area (Å²) < 4.78 is 0. The van der Waals surface area contributed by atoms with Crippen molar-refractivity contribution in [3.8, 4) is 0 Å². The van der Waals surface area contributed by atoms with Crippen LogP contribution in [0.3, 0.4) is 0 Å². The largest absolute Gasteiger partial charge is 0.673 e. The maximum atomic E-state index is 6.94. The van der Waals surface area contributed by atoms with Gasteiger partial charge in [-0.1, -0.05) is 47.5 Å². The number of allylic oxidation sites excluding steroid dienone is 4. The molecule has 125 valence electrons. The first-order valence-electron chi connectivity index (χ1n) is 5.15. The van der Waals surface area contributed by atoms with Crippen molar-refractivity contribution >= 4 is 11.0 Å². The summed E-state index contributed by atoms with van der Waals surface area (Å²) in [5.41, 5.74) is 10.9. The van der Waals surface area contributed by atoms with Crippen LogP contribution in [0.5, 0.6) is 0 Å². The third-order valence-corrected chi connectivity index (χ3v) is 2.24. The predicted octanol–water partition coefficient (Wildman–Crippen LogP) is 5.17. The van der Waals surface area contributed by atoms with Gasteiger partial charge in [0.05, 0.1) is 0 Å². The van der Waals surface area contributed by atoms with Gasteiger partial charge >= 0.3 is 0 Å². The van der Waals surface area contributed by atoms with E-state index in [-0.39, 0.29) is 67.9 Å². The van der Waals surface area contributed by atoms with Gasteiger partial charge in [-0.3, -0.25) is 6.08 Å². The molecule has 0 aromatic carbocycles. The topological polar surface area (TPSA) is 23.8 Å². The molecule has 1 rings (SSSR count). The molecule has 0 fully saturated rings. The SMILES string of the molecule is CC(C)(C)[NH-].CC1=[C-]C(C)C(C)=C1C.[CH3-].[CH3-].[CH3-].[CH3-].[SiH3].[Ti]. The minimum absolute atomic E-state index is 0. The summed E-state index contributed by atoms with van der Waals surface area (Å²) in [4.78, 5) is 0. The molecule has 0 aromatic heterocycles. The number of nitrogens with one attached hydrogen (secondary N) is 1. The van der Waals surface area contributed by atoms with Crippen molar-refractivity contribution in [3.05, 3.63) is 58.2 Å². The predicted molar refractivity (Wildman–Crippen MR) is 99.6 cm³/mol. The summed E-state index contributed by atoms with van der Waals surface area (Å²) in [7, 11) is 0. The average molecular weight is 332 g/mol. The molecule has 20 heavy (non-hydrogen) atoms. The molecular weight excluding hydrogens is 294 g/mol. The Morgan fingerprint density at radius 2 is 1.20 bits per heavy atom. The Bertz CT molecular complexity index is 257. The van der Waals surface area contributed by atoms with E-state index in [4.69, 9.17) is 5.73 Å². The van der Waals surface area contributed by atoms with E-state index in [1.54, 1.807) is 0 Å². The Morgan fingerprint density at radius 1 is 0.950 bits per heavy atom. The standard InChI is InChI=1S/C9H13.C4H10N.4CH3.H3Si.Ti/c1-6-5-7(2)9(4)8(6)3;1-4(2,3)5;;;;;;/h6H,1-4H3;5H,1-3H3;5*1H3;/q6*-1;;. The van der Waals surface area contributed by atoms with Gasteiger partial charge in [0, 0.05) is 21.7 Å². The summed E-state index contributed by atoms with van der Waals surface area (Å²) in [6.45, 7) is 14.2. The molecule has 1 atom stereocenters. The van der Waals surface area contributed by atoms with Crippen LogP contribution in [0.15, 0.2) is 16.7 Å². The van der Waals surface area contributed by atoms with E-state index in [0.717, 1.165) is 0 Å². The fraction of sp³-hybridized carbons (Fsp3) is 0.529. The van der Waals surface area contributed by atoms with E-state index in [1.807, 2.05) is 20.8 Å². The fourth-order valence-electron chi connectivity index (χ4n) is 1.16. The monoisotopic (exact) mass is 332 g/mol. The van der Waals surface area contributed by atoms with Crippen LogP contribution < -0.4 is 0 Å². The van der Waals surface area contributed by atoms with Crippen molar-refractivity contribution in [3.63, 3.8) is 0 Å². The normalized spacial score (nSPS) is 15.2. The van der Waals surface area contributed by atoms with Gasteiger partial charge < -0.3 is 35.4 Å². The van der Waals surface area contributed by atoms with Crippen LogP contribution in [0, 0.1) is 41.7 Å². The molecule has 1 aliphatic rings. The zero-order chi connectivity index (χ0) is 11.5. The molecule has 0 spiro atoms. The molecule has 3 heteroatoms. The minimum Gasteiger partial charge on any atom is -0.673 e. The van der Waals surface area contributed by atoms with Gasteiger partial charge in [0.1, 0.15) is 0 Å². The maximum Gasteiger partial charge on any atom is 0 e. The van der Waals surface area contributed by atoms with Crippen LogP contribution in [0.4, 0.5) is 0 Å². The van der Waals surface area contributed by atoms with Crippen molar-refractivity contribution in [1.82, 2.24) is 0 Å². The van der Waals surface area contributed by atoms with Crippen molar-refractivity contribution < 1.29 is 21.7 Å². The molecule has 1 unspecified atom stereocenters. The summed E-state index contributed by atoms with van der Waals surface area (Å²) in [5, 5.41) is 0. The first kappa shape index (κ1) is 42.8. The van der Waals surface area contributed by atoms with E-state index in [0.29, 0.717) is 5.92 Å². The van der Waals surface area contributed by atoms with Gasteiger partial charge in [0.2, 0.25) is 0 Å². The van der Waals surface area contributed by atoms with Gasteiger partial charge in [-0.15, -0.1) is 12.5 Å². The minimum atomic E-state index is -0.250. The molecule has 1 nitrogen and oxygen atoms in total. The molecule has 0 saturated carbocycles. The molecular formula is C17H38NSiTi-6. The fourth-order valence-corrected chi connectivity index (χ4v) is 1.16. The average Bonchev–Trinajstić information content (AvgIpc) is 2.14. The second-order valence-electron chi connectivity index (χ2n) is 5.05. The van der Waals surface area contributed by atoms with Gasteiger partial charge in [-0.05, 0) is 11.0 Å². The first-order chi connectivity index (χ1) is 6.13. The number of hydrogen-bond donors (Lipinski definition) is 0. The molecule has 1 N–H and O–H groups in total. The number of rotatable bonds is 0. The molecule has 0 aliphatic heterocycles. The van der Waals surface area contributed by atoms with E-state index >= 15 is 0 Å². The summed E-state index contributed by atoms with van der Waals surface area (Å²) in [6.07, 6.45) is 3.36. The molecule has 0 aromatic rings. The Morgan fingerprint density at radius 3 is 1.25 bits per heavy atom. The summed E-state index contributed by atoms with van der Waals surface area (Å²) in [5.74, 6) is 0.560. The summed E-state index contributed by atoms with van der Waals surface area (Å²) >= 11 is 0. The molecule has 1 aliphatic carbocycles. The van der Waals surface area contributed by atoms with Crippen LogP contribution in [0.25, 0.3) is 5.73 Å². The van der Waals surface area contributed by atoms with E-state index in [2.05, 4.69) is 33.8 Å². The molecule has 0 heterocycles. The zero-order valence-corrected chi connectivity index (χ0v) is 19.6. The number of hydrogen-bond acceptors (Lipinski definition) is 0. The second kappa shape index (κ2) is 17.4. The summed E-state index contributed by atoms with van der Waals surface area (Å²) in [6, 6.07) is 0. The quantitative estimate of drug-likeness (QED) is 0.431. The molecule has 1 radical (unpaired) electrons. The van der Waals surface area contributed by atoms with Crippen LogP contribution in [-0.4, -0.2) is 16.5 Å². The second-order valence-corrected chi connectivity index (χ2v) is 5.05. The third-order valence-electron chi connectivity index (χ3n) is 2.24. The van der Waals surface area contributed by atoms with Crippen LogP contribution in [0.2, 0.25) is 0 Å². The van der Waals surface area contributed by atoms with Crippen molar-refractivity contribution in [2.75, 3.05) is 0 Å². The van der Waals surface area contributed by atoms with Gasteiger partial charge in [-0.25, -0.2) is 5.57 Å². The maximum absolute atomic E-state index is 6.94. The van der Waals surface area contributed by atoms with Gasteiger partial charge in [0.15, 0.2) is 0 Å². The van der Waals surface area contributed by atoms with Gasteiger partial charge in [0.25, 0.3) is 0 Å². The Hall–Kier alpha value is 0.371. The van der Waals surface area contributed by atoms with E-state index in [9.17, 15) is 0 Å². The Labute approximate surface area is 150 Å². The van der Waals surface area contributed by atoms with Gasteiger partial charge in [-0.2, -0.15) is 11.1 Å². The Kier molecular flexibility index (Phi) is 37.2. The van der Waals surface area contributed by atoms with Crippen molar-refractivity contribution in [2.45, 2.75) is 54.0 Å². The molecule has 0 amide bonds. The van der Waals surface area contributed by atoms with Crippen molar-refractivity contribution in [1.29, 1.82) is 0 Å². The zero-order valence-electron chi connectivity index (χ0n) is 16.1. The van der Waals surface area contributed by atoms with Crippen LogP contribution in [-0.2, 0) is 21.7 Å². The first-order valence-corrected chi connectivity index (χ1v) is 5.15. The molecule has 0 bridgehead atoms. The Balaban J connectivity index is -0.0000000282. The third kappa shape index (κ3) is 20.7. The van der Waals surface area contributed by atoms with E-state index < -0.39 is 0 Å². The van der Waals surface area contributed by atoms with E-state index in [1.165, 1.54) is 16.7 Å².